The quantitative estimate of drug-likeness (QED) is 0.371. The summed E-state index contributed by atoms with van der Waals surface area (Å²) >= 11 is 0. The highest BCUT2D eigenvalue weighted by Crippen LogP contribution is 2.25. The van der Waals surface area contributed by atoms with Crippen LogP contribution in [0.4, 0.5) is 0 Å². The first-order valence-electron chi connectivity index (χ1n) is 8.86. The summed E-state index contributed by atoms with van der Waals surface area (Å²) in [5.41, 5.74) is 1.10. The van der Waals surface area contributed by atoms with E-state index < -0.39 is 12.1 Å². The fourth-order valence-electron chi connectivity index (χ4n) is 2.51. The smallest absolute Gasteiger partial charge is 0.331 e. The van der Waals surface area contributed by atoms with Crippen LogP contribution in [0.2, 0.25) is 0 Å². The van der Waals surface area contributed by atoms with Crippen molar-refractivity contribution in [3.05, 3.63) is 59.7 Å². The molecule has 0 bridgehead atoms. The Kier molecular flexibility index (Phi) is 7.63. The minimum atomic E-state index is -0.915. The first-order chi connectivity index (χ1) is 13.5. The van der Waals surface area contributed by atoms with Crippen LogP contribution < -0.4 is 14.2 Å². The molecular formula is C22H24O6. The molecule has 6 nitrogen and oxygen atoms in total. The van der Waals surface area contributed by atoms with E-state index in [4.69, 9.17) is 18.9 Å². The van der Waals surface area contributed by atoms with Crippen LogP contribution in [0.1, 0.15) is 29.8 Å². The highest BCUT2D eigenvalue weighted by atomic mass is 16.5. The summed E-state index contributed by atoms with van der Waals surface area (Å²) in [6.07, 6.45) is 1.89. The predicted octanol–water partition coefficient (Wildman–Crippen LogP) is 3.93. The van der Waals surface area contributed by atoms with Gasteiger partial charge in [0.1, 0.15) is 17.2 Å². The topological polar surface area (TPSA) is 71.1 Å². The van der Waals surface area contributed by atoms with E-state index in [0.29, 0.717) is 35.0 Å². The average molecular weight is 384 g/mol. The maximum atomic E-state index is 12.4. The van der Waals surface area contributed by atoms with Crippen LogP contribution in [-0.2, 0) is 9.53 Å². The number of esters is 1. The number of ketones is 1. The van der Waals surface area contributed by atoms with Crippen LogP contribution >= 0.6 is 0 Å². The van der Waals surface area contributed by atoms with Gasteiger partial charge in [-0.1, -0.05) is 0 Å². The third-order valence-electron chi connectivity index (χ3n) is 3.95. The van der Waals surface area contributed by atoms with E-state index in [2.05, 4.69) is 0 Å². The first kappa shape index (κ1) is 21.0. The van der Waals surface area contributed by atoms with E-state index in [-0.39, 0.29) is 5.78 Å². The summed E-state index contributed by atoms with van der Waals surface area (Å²) in [5.74, 6) is 0.982. The van der Waals surface area contributed by atoms with E-state index >= 15 is 0 Å². The normalized spacial score (nSPS) is 11.7. The number of Topliss-reactive ketones (excluding diaryl/α,β-unsaturated/α-hetero) is 1. The van der Waals surface area contributed by atoms with Gasteiger partial charge in [0.2, 0.25) is 5.78 Å². The summed E-state index contributed by atoms with van der Waals surface area (Å²) in [6.45, 7) is 3.97. The molecule has 0 spiro atoms. The van der Waals surface area contributed by atoms with E-state index in [1.807, 2.05) is 6.92 Å². The van der Waals surface area contributed by atoms with Gasteiger partial charge in [-0.15, -0.1) is 0 Å². The Morgan fingerprint density at radius 1 is 1.00 bits per heavy atom. The number of rotatable bonds is 9. The molecule has 28 heavy (non-hydrogen) atoms. The van der Waals surface area contributed by atoms with Gasteiger partial charge in [0.25, 0.3) is 0 Å². The van der Waals surface area contributed by atoms with E-state index in [0.717, 1.165) is 0 Å². The predicted molar refractivity (Wildman–Crippen MR) is 106 cm³/mol. The fraction of sp³-hybridized carbons (Fsp3) is 0.273. The third kappa shape index (κ3) is 5.61. The molecule has 0 fully saturated rings. The summed E-state index contributed by atoms with van der Waals surface area (Å²) < 4.78 is 21.0. The molecule has 0 heterocycles. The van der Waals surface area contributed by atoms with Gasteiger partial charge in [-0.2, -0.15) is 0 Å². The molecule has 0 aromatic heterocycles. The van der Waals surface area contributed by atoms with Crippen molar-refractivity contribution < 1.29 is 28.5 Å². The lowest BCUT2D eigenvalue weighted by Gasteiger charge is -2.11. The van der Waals surface area contributed by atoms with Gasteiger partial charge in [-0.3, -0.25) is 4.79 Å². The van der Waals surface area contributed by atoms with Gasteiger partial charge in [-0.05, 0) is 62.4 Å². The molecule has 148 valence electrons. The lowest BCUT2D eigenvalue weighted by Crippen LogP contribution is -2.23. The molecule has 2 rings (SSSR count). The van der Waals surface area contributed by atoms with Gasteiger partial charge in [-0.25, -0.2) is 4.79 Å². The Morgan fingerprint density at radius 3 is 2.29 bits per heavy atom. The third-order valence-corrected chi connectivity index (χ3v) is 3.95. The fourth-order valence-corrected chi connectivity index (χ4v) is 2.51. The number of benzene rings is 2. The second-order valence-electron chi connectivity index (χ2n) is 5.84. The Bertz CT molecular complexity index is 839. The molecule has 0 saturated carbocycles. The summed E-state index contributed by atoms with van der Waals surface area (Å²) in [4.78, 5) is 24.5. The Morgan fingerprint density at radius 2 is 1.68 bits per heavy atom. The van der Waals surface area contributed by atoms with Gasteiger partial charge >= 0.3 is 5.97 Å². The van der Waals surface area contributed by atoms with Crippen molar-refractivity contribution in [1.82, 2.24) is 0 Å². The van der Waals surface area contributed by atoms with Crippen LogP contribution in [-0.4, -0.2) is 38.7 Å². The van der Waals surface area contributed by atoms with Crippen molar-refractivity contribution in [3.8, 4) is 17.2 Å². The Labute approximate surface area is 164 Å². The van der Waals surface area contributed by atoms with Crippen molar-refractivity contribution >= 4 is 17.8 Å². The molecule has 0 radical (unpaired) electrons. The second kappa shape index (κ2) is 10.2. The lowest BCUT2D eigenvalue weighted by molar-refractivity contribution is -0.140. The molecule has 0 aliphatic rings. The van der Waals surface area contributed by atoms with Crippen molar-refractivity contribution in [2.75, 3.05) is 20.8 Å². The van der Waals surface area contributed by atoms with Gasteiger partial charge in [0.05, 0.1) is 20.8 Å². The van der Waals surface area contributed by atoms with E-state index in [1.165, 1.54) is 20.1 Å². The first-order valence-corrected chi connectivity index (χ1v) is 8.86. The number of ether oxygens (including phenoxy) is 4. The average Bonchev–Trinajstić information content (AvgIpc) is 2.72. The van der Waals surface area contributed by atoms with Gasteiger partial charge in [0.15, 0.2) is 6.10 Å². The molecule has 0 aliphatic heterocycles. The Hall–Kier alpha value is -3.28. The van der Waals surface area contributed by atoms with Crippen LogP contribution in [0, 0.1) is 0 Å². The van der Waals surface area contributed by atoms with Crippen LogP contribution in [0.25, 0.3) is 6.08 Å². The molecule has 0 N–H and O–H groups in total. The molecular weight excluding hydrogens is 360 g/mol. The lowest BCUT2D eigenvalue weighted by atomic mass is 10.1. The van der Waals surface area contributed by atoms with Crippen LogP contribution in [0.3, 0.4) is 0 Å². The SMILES string of the molecule is CCOc1ccc(C(=O)[C@H](C)OC(=O)/C=C/c2cc(OC)ccc2OC)cc1. The van der Waals surface area contributed by atoms with Gasteiger partial charge in [0, 0.05) is 17.2 Å². The highest BCUT2D eigenvalue weighted by Gasteiger charge is 2.18. The second-order valence-corrected chi connectivity index (χ2v) is 5.84. The number of carbonyl (C=O) groups is 2. The summed E-state index contributed by atoms with van der Waals surface area (Å²) in [7, 11) is 3.09. The minimum Gasteiger partial charge on any atom is -0.497 e. The van der Waals surface area contributed by atoms with Crippen molar-refractivity contribution in [1.29, 1.82) is 0 Å². The summed E-state index contributed by atoms with van der Waals surface area (Å²) in [6, 6.07) is 11.9. The van der Waals surface area contributed by atoms with Crippen LogP contribution in [0.5, 0.6) is 17.2 Å². The molecule has 0 unspecified atom stereocenters. The largest absolute Gasteiger partial charge is 0.497 e. The summed E-state index contributed by atoms with van der Waals surface area (Å²) in [5, 5.41) is 0. The molecule has 6 heteroatoms. The number of carbonyl (C=O) groups excluding carboxylic acids is 2. The Balaban J connectivity index is 2.02. The molecule has 1 atom stereocenters. The monoisotopic (exact) mass is 384 g/mol. The zero-order valence-corrected chi connectivity index (χ0v) is 16.4. The van der Waals surface area contributed by atoms with E-state index in [1.54, 1.807) is 55.7 Å². The standard InChI is InChI=1S/C22H24O6/c1-5-27-18-9-6-16(7-10-18)22(24)15(2)28-21(23)13-8-17-14-19(25-3)11-12-20(17)26-4/h6-15H,5H2,1-4H3/b13-8+/t15-/m0/s1. The van der Waals surface area contributed by atoms with Crippen LogP contribution in [0.15, 0.2) is 48.5 Å². The molecule has 2 aromatic rings. The zero-order valence-electron chi connectivity index (χ0n) is 16.4. The van der Waals surface area contributed by atoms with Crippen molar-refractivity contribution in [3.63, 3.8) is 0 Å². The number of methoxy groups -OCH3 is 2. The minimum absolute atomic E-state index is 0.288. The van der Waals surface area contributed by atoms with E-state index in [9.17, 15) is 9.59 Å². The number of hydrogen-bond acceptors (Lipinski definition) is 6. The maximum Gasteiger partial charge on any atom is 0.331 e. The molecule has 0 amide bonds. The number of hydrogen-bond donors (Lipinski definition) is 0. The molecule has 0 aliphatic carbocycles. The molecule has 2 aromatic carbocycles. The van der Waals surface area contributed by atoms with Crippen molar-refractivity contribution in [2.45, 2.75) is 20.0 Å². The van der Waals surface area contributed by atoms with Gasteiger partial charge < -0.3 is 18.9 Å². The zero-order chi connectivity index (χ0) is 20.5. The van der Waals surface area contributed by atoms with Crippen molar-refractivity contribution in [2.24, 2.45) is 0 Å². The maximum absolute atomic E-state index is 12.4. The molecule has 0 saturated heterocycles. The highest BCUT2D eigenvalue weighted by molar-refractivity contribution is 6.01.